The largest absolute Gasteiger partial charge is 0.455 e. The van der Waals surface area contributed by atoms with Crippen LogP contribution in [0.4, 0.5) is 0 Å². The summed E-state index contributed by atoms with van der Waals surface area (Å²) in [6.45, 7) is 0. The molecule has 0 N–H and O–H groups in total. The summed E-state index contributed by atoms with van der Waals surface area (Å²) in [5.41, 5.74) is 10.5. The fraction of sp³-hybridized carbons (Fsp3) is 0. The molecule has 0 unspecified atom stereocenters. The molecule has 0 amide bonds. The van der Waals surface area contributed by atoms with Crippen LogP contribution in [0.2, 0.25) is 0 Å². The van der Waals surface area contributed by atoms with Crippen LogP contribution in [-0.4, -0.2) is 24.5 Å². The molecule has 0 saturated carbocycles. The lowest BCUT2D eigenvalue weighted by Crippen LogP contribution is -2.00. The normalized spacial score (nSPS) is 11.7. The van der Waals surface area contributed by atoms with Crippen LogP contribution in [0.3, 0.4) is 0 Å². The van der Waals surface area contributed by atoms with Gasteiger partial charge < -0.3 is 8.98 Å². The van der Waals surface area contributed by atoms with E-state index in [9.17, 15) is 0 Å². The summed E-state index contributed by atoms with van der Waals surface area (Å²) >= 11 is 0. The topological polar surface area (TPSA) is 69.6 Å². The van der Waals surface area contributed by atoms with Crippen molar-refractivity contribution in [2.45, 2.75) is 0 Å². The molecule has 0 radical (unpaired) electrons. The standard InChI is InChI=1S/C48H29N5O/c1-3-13-30(14-4-1)44-43-38-29-33(25-28-42(38)54-45(43)37-19-7-10-20-39(37)49-44)48-51-46(31-15-5-2-6-16-31)50-47(52-48)32-23-26-34(27-24-32)53-40-21-11-8-17-35(40)36-18-9-12-22-41(36)53/h1-29H. The molecule has 7 aromatic carbocycles. The second kappa shape index (κ2) is 12.1. The van der Waals surface area contributed by atoms with Crippen molar-refractivity contribution in [3.05, 3.63) is 176 Å². The third-order valence-electron chi connectivity index (χ3n) is 10.2. The van der Waals surface area contributed by atoms with Gasteiger partial charge in [0.25, 0.3) is 0 Å². The minimum absolute atomic E-state index is 0.580. The van der Waals surface area contributed by atoms with Gasteiger partial charge in [0, 0.05) is 49.5 Å². The van der Waals surface area contributed by atoms with Crippen molar-refractivity contribution < 1.29 is 4.42 Å². The first-order valence-electron chi connectivity index (χ1n) is 18.0. The molecule has 0 saturated heterocycles. The average molecular weight is 692 g/mol. The zero-order valence-corrected chi connectivity index (χ0v) is 28.9. The van der Waals surface area contributed by atoms with E-state index < -0.39 is 0 Å². The van der Waals surface area contributed by atoms with E-state index in [1.54, 1.807) is 0 Å². The minimum atomic E-state index is 0.580. The molecule has 0 atom stereocenters. The van der Waals surface area contributed by atoms with E-state index in [1.807, 2.05) is 78.9 Å². The average Bonchev–Trinajstić information content (AvgIpc) is 3.80. The maximum Gasteiger partial charge on any atom is 0.164 e. The zero-order valence-electron chi connectivity index (χ0n) is 28.9. The van der Waals surface area contributed by atoms with Crippen molar-refractivity contribution in [2.24, 2.45) is 0 Å². The monoisotopic (exact) mass is 691 g/mol. The number of nitrogens with zero attached hydrogens (tertiary/aromatic N) is 5. The predicted molar refractivity (Wildman–Crippen MR) is 218 cm³/mol. The lowest BCUT2D eigenvalue weighted by molar-refractivity contribution is 0.672. The van der Waals surface area contributed by atoms with Gasteiger partial charge in [0.1, 0.15) is 11.2 Å². The Morgan fingerprint density at radius 3 is 1.57 bits per heavy atom. The van der Waals surface area contributed by atoms with Crippen LogP contribution < -0.4 is 0 Å². The van der Waals surface area contributed by atoms with E-state index in [-0.39, 0.29) is 0 Å². The quantitative estimate of drug-likeness (QED) is 0.180. The van der Waals surface area contributed by atoms with Crippen LogP contribution in [0.1, 0.15) is 0 Å². The first-order chi connectivity index (χ1) is 26.8. The molecule has 6 nitrogen and oxygen atoms in total. The predicted octanol–water partition coefficient (Wildman–Crippen LogP) is 12.1. The van der Waals surface area contributed by atoms with Gasteiger partial charge in [-0.3, -0.25) is 0 Å². The van der Waals surface area contributed by atoms with E-state index in [2.05, 4.69) is 102 Å². The molecular weight excluding hydrogens is 663 g/mol. The number of hydrogen-bond acceptors (Lipinski definition) is 5. The first kappa shape index (κ1) is 30.2. The maximum atomic E-state index is 6.61. The lowest BCUT2D eigenvalue weighted by Gasteiger charge is -2.11. The van der Waals surface area contributed by atoms with Gasteiger partial charge >= 0.3 is 0 Å². The Bertz CT molecular complexity index is 3150. The Morgan fingerprint density at radius 2 is 0.907 bits per heavy atom. The molecule has 0 fully saturated rings. The van der Waals surface area contributed by atoms with Crippen molar-refractivity contribution in [3.63, 3.8) is 0 Å². The molecule has 0 aliphatic carbocycles. The molecule has 0 aliphatic rings. The van der Waals surface area contributed by atoms with Crippen LogP contribution in [0.15, 0.2) is 180 Å². The van der Waals surface area contributed by atoms with Gasteiger partial charge in [-0.25, -0.2) is 19.9 Å². The number of fused-ring (bicyclic) bond motifs is 8. The van der Waals surface area contributed by atoms with E-state index in [0.717, 1.165) is 66.5 Å². The summed E-state index contributed by atoms with van der Waals surface area (Å²) in [4.78, 5) is 20.4. The second-order valence-electron chi connectivity index (χ2n) is 13.4. The Morgan fingerprint density at radius 1 is 0.389 bits per heavy atom. The van der Waals surface area contributed by atoms with Gasteiger partial charge in [-0.05, 0) is 66.7 Å². The number of hydrogen-bond donors (Lipinski definition) is 0. The highest BCUT2D eigenvalue weighted by molar-refractivity contribution is 6.19. The number of benzene rings is 7. The number of pyridine rings is 1. The van der Waals surface area contributed by atoms with Crippen molar-refractivity contribution in [3.8, 4) is 51.1 Å². The molecule has 4 aromatic heterocycles. The molecule has 0 aliphatic heterocycles. The third-order valence-corrected chi connectivity index (χ3v) is 10.2. The molecule has 11 aromatic rings. The molecule has 6 heteroatoms. The summed E-state index contributed by atoms with van der Waals surface area (Å²) < 4.78 is 8.92. The van der Waals surface area contributed by atoms with Gasteiger partial charge in [0.05, 0.1) is 27.6 Å². The molecule has 252 valence electrons. The highest BCUT2D eigenvalue weighted by atomic mass is 16.3. The number of furan rings is 1. The SMILES string of the molecule is c1ccc(-c2nc(-c3ccc(-n4c5ccccc5c5ccccc54)cc3)nc(-c3ccc4oc5c6ccccc6nc(-c6ccccc6)c5c4c3)n2)cc1. The molecule has 4 heterocycles. The fourth-order valence-electron chi connectivity index (χ4n) is 7.72. The minimum Gasteiger partial charge on any atom is -0.455 e. The van der Waals surface area contributed by atoms with E-state index in [0.29, 0.717) is 17.5 Å². The summed E-state index contributed by atoms with van der Waals surface area (Å²) in [6, 6.07) is 60.3. The first-order valence-corrected chi connectivity index (χ1v) is 18.0. The number of rotatable bonds is 5. The summed E-state index contributed by atoms with van der Waals surface area (Å²) in [5.74, 6) is 1.79. The second-order valence-corrected chi connectivity index (χ2v) is 13.4. The summed E-state index contributed by atoms with van der Waals surface area (Å²) in [5, 5.41) is 5.36. The molecule has 54 heavy (non-hydrogen) atoms. The highest BCUT2D eigenvalue weighted by Crippen LogP contribution is 2.41. The Kier molecular flexibility index (Phi) is 6.75. The molecule has 11 rings (SSSR count). The highest BCUT2D eigenvalue weighted by Gasteiger charge is 2.20. The maximum absolute atomic E-state index is 6.61. The van der Waals surface area contributed by atoms with Crippen LogP contribution in [0.25, 0.3) is 106 Å². The van der Waals surface area contributed by atoms with Crippen LogP contribution in [-0.2, 0) is 0 Å². The van der Waals surface area contributed by atoms with Gasteiger partial charge in [0.2, 0.25) is 0 Å². The van der Waals surface area contributed by atoms with Crippen molar-refractivity contribution in [1.82, 2.24) is 24.5 Å². The van der Waals surface area contributed by atoms with E-state index in [4.69, 9.17) is 24.4 Å². The van der Waals surface area contributed by atoms with Crippen LogP contribution in [0, 0.1) is 0 Å². The van der Waals surface area contributed by atoms with Crippen molar-refractivity contribution in [2.75, 3.05) is 0 Å². The Balaban J connectivity index is 1.09. The van der Waals surface area contributed by atoms with Crippen molar-refractivity contribution in [1.29, 1.82) is 0 Å². The molecule has 0 bridgehead atoms. The van der Waals surface area contributed by atoms with Crippen LogP contribution >= 0.6 is 0 Å². The van der Waals surface area contributed by atoms with Gasteiger partial charge in [-0.15, -0.1) is 0 Å². The number of aromatic nitrogens is 5. The third kappa shape index (κ3) is 4.81. The van der Waals surface area contributed by atoms with E-state index in [1.165, 1.54) is 21.8 Å². The fourth-order valence-corrected chi connectivity index (χ4v) is 7.72. The van der Waals surface area contributed by atoms with Gasteiger partial charge in [-0.2, -0.15) is 0 Å². The zero-order chi connectivity index (χ0) is 35.6. The van der Waals surface area contributed by atoms with Gasteiger partial charge in [0.15, 0.2) is 17.5 Å². The molecular formula is C48H29N5O. The summed E-state index contributed by atoms with van der Waals surface area (Å²) in [7, 11) is 0. The van der Waals surface area contributed by atoms with E-state index >= 15 is 0 Å². The molecule has 0 spiro atoms. The lowest BCUT2D eigenvalue weighted by atomic mass is 10.0. The van der Waals surface area contributed by atoms with Crippen LogP contribution in [0.5, 0.6) is 0 Å². The number of para-hydroxylation sites is 3. The smallest absolute Gasteiger partial charge is 0.164 e. The Hall–Kier alpha value is -7.44. The van der Waals surface area contributed by atoms with Gasteiger partial charge in [-0.1, -0.05) is 109 Å². The van der Waals surface area contributed by atoms with Crippen molar-refractivity contribution >= 4 is 54.6 Å². The Labute approximate surface area is 309 Å². The summed E-state index contributed by atoms with van der Waals surface area (Å²) in [6.07, 6.45) is 0.